The third-order valence-corrected chi connectivity index (χ3v) is 4.84. The lowest BCUT2D eigenvalue weighted by molar-refractivity contribution is 0.0535. The smallest absolute Gasteiger partial charge is 0.0850 e. The van der Waals surface area contributed by atoms with E-state index < -0.39 is 0 Å². The van der Waals surface area contributed by atoms with Crippen molar-refractivity contribution in [1.29, 1.82) is 0 Å². The number of hydrogen-bond donors (Lipinski definition) is 1. The number of aryl methyl sites for hydroxylation is 2. The van der Waals surface area contributed by atoms with Crippen molar-refractivity contribution in [2.24, 2.45) is 13.0 Å². The van der Waals surface area contributed by atoms with Gasteiger partial charge < -0.3 is 10.1 Å². The molecule has 1 aliphatic heterocycles. The molecule has 1 N–H and O–H groups in total. The van der Waals surface area contributed by atoms with E-state index in [1.807, 2.05) is 11.7 Å². The van der Waals surface area contributed by atoms with Crippen LogP contribution < -0.4 is 5.32 Å². The highest BCUT2D eigenvalue weighted by molar-refractivity contribution is 6.31. The zero-order valence-electron chi connectivity index (χ0n) is 13.5. The lowest BCUT2D eigenvalue weighted by Gasteiger charge is -2.31. The van der Waals surface area contributed by atoms with Gasteiger partial charge in [0, 0.05) is 32.7 Å². The Kier molecular flexibility index (Phi) is 6.52. The molecule has 0 amide bonds. The lowest BCUT2D eigenvalue weighted by Crippen LogP contribution is -2.41. The minimum absolute atomic E-state index is 0.464. The van der Waals surface area contributed by atoms with Gasteiger partial charge in [0.15, 0.2) is 0 Å². The molecular formula is C16H28ClN3O. The van der Waals surface area contributed by atoms with Crippen molar-refractivity contribution in [3.05, 3.63) is 16.4 Å². The summed E-state index contributed by atoms with van der Waals surface area (Å²) in [6, 6.07) is 0.464. The first kappa shape index (κ1) is 16.8. The largest absolute Gasteiger partial charge is 0.381 e. The van der Waals surface area contributed by atoms with Crippen molar-refractivity contribution < 1.29 is 4.74 Å². The predicted molar refractivity (Wildman–Crippen MR) is 86.9 cm³/mol. The molecule has 2 rings (SSSR count). The zero-order valence-corrected chi connectivity index (χ0v) is 14.2. The molecule has 120 valence electrons. The number of aromatic nitrogens is 2. The zero-order chi connectivity index (χ0) is 15.2. The Morgan fingerprint density at radius 1 is 1.38 bits per heavy atom. The van der Waals surface area contributed by atoms with Crippen LogP contribution in [0.3, 0.4) is 0 Å². The average Bonchev–Trinajstić information content (AvgIpc) is 2.79. The summed E-state index contributed by atoms with van der Waals surface area (Å²) in [5.74, 6) is 0.668. The van der Waals surface area contributed by atoms with Crippen molar-refractivity contribution in [2.75, 3.05) is 19.8 Å². The number of nitrogens with one attached hydrogen (secondary N) is 1. The second-order valence-electron chi connectivity index (χ2n) is 5.90. The normalized spacial score (nSPS) is 18.1. The molecule has 0 saturated carbocycles. The van der Waals surface area contributed by atoms with Gasteiger partial charge in [0.25, 0.3) is 0 Å². The maximum absolute atomic E-state index is 6.51. The first-order valence-electron chi connectivity index (χ1n) is 8.18. The van der Waals surface area contributed by atoms with Gasteiger partial charge in [-0.05, 0) is 38.1 Å². The van der Waals surface area contributed by atoms with Crippen LogP contribution in [0.15, 0.2) is 0 Å². The van der Waals surface area contributed by atoms with E-state index in [0.29, 0.717) is 12.0 Å². The van der Waals surface area contributed by atoms with Gasteiger partial charge in [0.05, 0.1) is 16.4 Å². The van der Waals surface area contributed by atoms with Gasteiger partial charge in [-0.2, -0.15) is 5.10 Å². The van der Waals surface area contributed by atoms with E-state index in [0.717, 1.165) is 68.3 Å². The van der Waals surface area contributed by atoms with Gasteiger partial charge in [-0.3, -0.25) is 4.68 Å². The number of nitrogens with zero attached hydrogens (tertiary/aromatic N) is 2. The SMILES string of the molecule is CCCNC(Cc1c(Cl)c(CC)nn1C)C1CCOCC1. The van der Waals surface area contributed by atoms with Gasteiger partial charge in [0.2, 0.25) is 0 Å². The summed E-state index contributed by atoms with van der Waals surface area (Å²) in [6.07, 6.45) is 5.26. The summed E-state index contributed by atoms with van der Waals surface area (Å²) in [4.78, 5) is 0. The molecular weight excluding hydrogens is 286 g/mol. The van der Waals surface area contributed by atoms with E-state index in [2.05, 4.69) is 24.3 Å². The lowest BCUT2D eigenvalue weighted by atomic mass is 9.88. The van der Waals surface area contributed by atoms with E-state index in [-0.39, 0.29) is 0 Å². The molecule has 1 aromatic rings. The third kappa shape index (κ3) is 4.21. The van der Waals surface area contributed by atoms with Crippen LogP contribution in [-0.4, -0.2) is 35.6 Å². The summed E-state index contributed by atoms with van der Waals surface area (Å²) in [5.41, 5.74) is 2.17. The molecule has 1 fully saturated rings. The first-order valence-corrected chi connectivity index (χ1v) is 8.56. The van der Waals surface area contributed by atoms with Gasteiger partial charge in [-0.1, -0.05) is 25.4 Å². The molecule has 1 aromatic heterocycles. The van der Waals surface area contributed by atoms with Crippen LogP contribution in [0.25, 0.3) is 0 Å². The molecule has 0 bridgehead atoms. The van der Waals surface area contributed by atoms with Crippen LogP contribution in [-0.2, 0) is 24.6 Å². The maximum Gasteiger partial charge on any atom is 0.0850 e. The van der Waals surface area contributed by atoms with Crippen molar-refractivity contribution in [2.45, 2.75) is 52.0 Å². The van der Waals surface area contributed by atoms with E-state index in [4.69, 9.17) is 16.3 Å². The summed E-state index contributed by atoms with van der Waals surface area (Å²) in [5, 5.41) is 9.11. The van der Waals surface area contributed by atoms with Crippen LogP contribution in [0.2, 0.25) is 5.02 Å². The Balaban J connectivity index is 2.11. The minimum Gasteiger partial charge on any atom is -0.381 e. The van der Waals surface area contributed by atoms with Gasteiger partial charge in [0.1, 0.15) is 0 Å². The monoisotopic (exact) mass is 313 g/mol. The fraction of sp³-hybridized carbons (Fsp3) is 0.812. The summed E-state index contributed by atoms with van der Waals surface area (Å²) >= 11 is 6.51. The third-order valence-electron chi connectivity index (χ3n) is 4.41. The molecule has 21 heavy (non-hydrogen) atoms. The van der Waals surface area contributed by atoms with E-state index in [1.165, 1.54) is 0 Å². The van der Waals surface area contributed by atoms with Crippen molar-refractivity contribution in [3.8, 4) is 0 Å². The molecule has 5 heteroatoms. The number of halogens is 1. The van der Waals surface area contributed by atoms with Gasteiger partial charge >= 0.3 is 0 Å². The molecule has 1 aliphatic rings. The van der Waals surface area contributed by atoms with Crippen LogP contribution >= 0.6 is 11.6 Å². The van der Waals surface area contributed by atoms with Crippen molar-refractivity contribution >= 4 is 11.6 Å². The summed E-state index contributed by atoms with van der Waals surface area (Å²) < 4.78 is 7.46. The number of ether oxygens (including phenoxy) is 1. The Morgan fingerprint density at radius 3 is 2.67 bits per heavy atom. The Bertz CT molecular complexity index is 441. The highest BCUT2D eigenvalue weighted by Crippen LogP contribution is 2.26. The molecule has 2 heterocycles. The summed E-state index contributed by atoms with van der Waals surface area (Å²) in [7, 11) is 2.00. The summed E-state index contributed by atoms with van der Waals surface area (Å²) in [6.45, 7) is 7.13. The van der Waals surface area contributed by atoms with Crippen LogP contribution in [0, 0.1) is 5.92 Å². The second kappa shape index (κ2) is 8.16. The molecule has 1 saturated heterocycles. The molecule has 0 aromatic carbocycles. The minimum atomic E-state index is 0.464. The highest BCUT2D eigenvalue weighted by Gasteiger charge is 2.26. The molecule has 0 aliphatic carbocycles. The predicted octanol–water partition coefficient (Wildman–Crippen LogP) is 2.97. The van der Waals surface area contributed by atoms with Crippen LogP contribution in [0.5, 0.6) is 0 Å². The Hall–Kier alpha value is -0.580. The second-order valence-corrected chi connectivity index (χ2v) is 6.28. The standard InChI is InChI=1S/C16H28ClN3O/c1-4-8-18-14(12-6-9-21-10-7-12)11-15-16(17)13(5-2)19-20(15)3/h12,14,18H,4-11H2,1-3H3. The maximum atomic E-state index is 6.51. The van der Waals surface area contributed by atoms with Gasteiger partial charge in [-0.25, -0.2) is 0 Å². The molecule has 1 unspecified atom stereocenters. The quantitative estimate of drug-likeness (QED) is 0.841. The fourth-order valence-corrected chi connectivity index (χ4v) is 3.47. The molecule has 1 atom stereocenters. The van der Waals surface area contributed by atoms with E-state index in [1.54, 1.807) is 0 Å². The Labute approximate surface area is 133 Å². The van der Waals surface area contributed by atoms with Gasteiger partial charge in [-0.15, -0.1) is 0 Å². The van der Waals surface area contributed by atoms with E-state index >= 15 is 0 Å². The van der Waals surface area contributed by atoms with Crippen molar-refractivity contribution in [1.82, 2.24) is 15.1 Å². The topological polar surface area (TPSA) is 39.1 Å². The fourth-order valence-electron chi connectivity index (χ4n) is 3.10. The van der Waals surface area contributed by atoms with Crippen LogP contribution in [0.4, 0.5) is 0 Å². The highest BCUT2D eigenvalue weighted by atomic mass is 35.5. The van der Waals surface area contributed by atoms with Crippen molar-refractivity contribution in [3.63, 3.8) is 0 Å². The number of rotatable bonds is 7. The molecule has 4 nitrogen and oxygen atoms in total. The molecule has 0 spiro atoms. The number of hydrogen-bond acceptors (Lipinski definition) is 3. The first-order chi connectivity index (χ1) is 10.2. The van der Waals surface area contributed by atoms with Crippen LogP contribution in [0.1, 0.15) is 44.5 Å². The van der Waals surface area contributed by atoms with E-state index in [9.17, 15) is 0 Å². The molecule has 0 radical (unpaired) electrons. The Morgan fingerprint density at radius 2 is 2.10 bits per heavy atom. The average molecular weight is 314 g/mol.